The molecule has 3 saturated heterocycles. The largest absolute Gasteiger partial charge is 0.367 e. The highest BCUT2D eigenvalue weighted by Crippen LogP contribution is 2.62. The first-order valence-electron chi connectivity index (χ1n) is 12.7. The summed E-state index contributed by atoms with van der Waals surface area (Å²) in [6.45, 7) is 2.22. The Morgan fingerprint density at radius 1 is 1.05 bits per heavy atom. The monoisotopic (exact) mass is 511 g/mol. The molecule has 0 spiro atoms. The third-order valence-electron chi connectivity index (χ3n) is 8.58. The van der Waals surface area contributed by atoms with Crippen LogP contribution in [-0.4, -0.2) is 47.4 Å². The van der Waals surface area contributed by atoms with Crippen LogP contribution in [0.1, 0.15) is 42.1 Å². The van der Waals surface area contributed by atoms with E-state index in [2.05, 4.69) is 6.07 Å². The van der Waals surface area contributed by atoms with Crippen molar-refractivity contribution in [3.05, 3.63) is 77.6 Å². The maximum atomic E-state index is 14.0. The van der Waals surface area contributed by atoms with E-state index in [1.165, 1.54) is 29.2 Å². The molecule has 0 radical (unpaired) electrons. The van der Waals surface area contributed by atoms with Gasteiger partial charge in [0.1, 0.15) is 5.82 Å². The quantitative estimate of drug-likeness (QED) is 0.473. The second-order valence-electron chi connectivity index (χ2n) is 10.7. The molecule has 3 amide bonds. The van der Waals surface area contributed by atoms with Crippen LogP contribution in [0.15, 0.2) is 60.7 Å². The van der Waals surface area contributed by atoms with Crippen molar-refractivity contribution in [3.8, 4) is 6.07 Å². The summed E-state index contributed by atoms with van der Waals surface area (Å²) in [5.41, 5.74) is -0.302. The number of hydrogen-bond acceptors (Lipinski definition) is 5. The SMILES string of the molecule is CN(CCC12CCC(C)(O1)[C@H]1C(=O)N(c3ccc(C#N)c4ccccc34)C(=O)[C@H]12)C(=O)c1ccc(F)cc1. The van der Waals surface area contributed by atoms with E-state index < -0.39 is 28.9 Å². The molecule has 0 aliphatic carbocycles. The van der Waals surface area contributed by atoms with Gasteiger partial charge in [0.15, 0.2) is 0 Å². The molecule has 0 saturated carbocycles. The van der Waals surface area contributed by atoms with Crippen LogP contribution in [0, 0.1) is 29.0 Å². The highest BCUT2D eigenvalue weighted by molar-refractivity contribution is 6.26. The molecule has 8 heteroatoms. The summed E-state index contributed by atoms with van der Waals surface area (Å²) in [6, 6.07) is 18.2. The fraction of sp³-hybridized carbons (Fsp3) is 0.333. The van der Waals surface area contributed by atoms with Gasteiger partial charge in [-0.05, 0) is 62.6 Å². The smallest absolute Gasteiger partial charge is 0.253 e. The molecule has 38 heavy (non-hydrogen) atoms. The molecule has 7 nitrogen and oxygen atoms in total. The third kappa shape index (κ3) is 3.38. The summed E-state index contributed by atoms with van der Waals surface area (Å²) in [6.07, 6.45) is 1.66. The van der Waals surface area contributed by atoms with E-state index in [1.807, 2.05) is 31.2 Å². The van der Waals surface area contributed by atoms with Crippen LogP contribution in [0.4, 0.5) is 10.1 Å². The summed E-state index contributed by atoms with van der Waals surface area (Å²) in [4.78, 5) is 43.6. The number of rotatable bonds is 5. The van der Waals surface area contributed by atoms with Crippen LogP contribution in [-0.2, 0) is 14.3 Å². The van der Waals surface area contributed by atoms with Crippen molar-refractivity contribution in [1.82, 2.24) is 4.90 Å². The molecule has 6 rings (SSSR count). The summed E-state index contributed by atoms with van der Waals surface area (Å²) >= 11 is 0. The average molecular weight is 512 g/mol. The van der Waals surface area contributed by atoms with Crippen molar-refractivity contribution in [2.45, 2.75) is 37.4 Å². The maximum absolute atomic E-state index is 14.0. The Labute approximate surface area is 219 Å². The van der Waals surface area contributed by atoms with Gasteiger partial charge in [-0.2, -0.15) is 5.26 Å². The van der Waals surface area contributed by atoms with E-state index in [0.717, 1.165) is 0 Å². The van der Waals surface area contributed by atoms with Crippen LogP contribution in [0.2, 0.25) is 0 Å². The lowest BCUT2D eigenvalue weighted by Gasteiger charge is -2.32. The summed E-state index contributed by atoms with van der Waals surface area (Å²) in [5, 5.41) is 10.9. The predicted molar refractivity (Wildman–Crippen MR) is 138 cm³/mol. The minimum Gasteiger partial charge on any atom is -0.367 e. The van der Waals surface area contributed by atoms with Crippen LogP contribution in [0.5, 0.6) is 0 Å². The van der Waals surface area contributed by atoms with Gasteiger partial charge < -0.3 is 9.64 Å². The van der Waals surface area contributed by atoms with Crippen molar-refractivity contribution in [2.75, 3.05) is 18.5 Å². The van der Waals surface area contributed by atoms with Gasteiger partial charge >= 0.3 is 0 Å². The fourth-order valence-electron chi connectivity index (χ4n) is 6.69. The number of hydrogen-bond donors (Lipinski definition) is 0. The Morgan fingerprint density at radius 3 is 2.45 bits per heavy atom. The van der Waals surface area contributed by atoms with E-state index >= 15 is 0 Å². The first-order chi connectivity index (χ1) is 18.2. The number of ether oxygens (including phenoxy) is 1. The number of carbonyl (C=O) groups is 3. The van der Waals surface area contributed by atoms with Crippen molar-refractivity contribution in [2.24, 2.45) is 11.8 Å². The van der Waals surface area contributed by atoms with Gasteiger partial charge in [0, 0.05) is 29.9 Å². The lowest BCUT2D eigenvalue weighted by atomic mass is 9.67. The minimum absolute atomic E-state index is 0.254. The van der Waals surface area contributed by atoms with Crippen molar-refractivity contribution in [1.29, 1.82) is 5.26 Å². The number of benzene rings is 3. The second-order valence-corrected chi connectivity index (χ2v) is 10.7. The zero-order chi connectivity index (χ0) is 26.8. The van der Waals surface area contributed by atoms with Gasteiger partial charge in [-0.1, -0.05) is 24.3 Å². The number of anilines is 1. The number of fused-ring (bicyclic) bond motifs is 6. The fourth-order valence-corrected chi connectivity index (χ4v) is 6.69. The summed E-state index contributed by atoms with van der Waals surface area (Å²) in [7, 11) is 1.67. The van der Waals surface area contributed by atoms with Crippen LogP contribution >= 0.6 is 0 Å². The number of nitrogens with zero attached hydrogens (tertiary/aromatic N) is 3. The highest BCUT2D eigenvalue weighted by atomic mass is 19.1. The Balaban J connectivity index is 1.31. The molecule has 2 bridgehead atoms. The van der Waals surface area contributed by atoms with Crippen molar-refractivity contribution >= 4 is 34.2 Å². The molecule has 3 fully saturated rings. The van der Waals surface area contributed by atoms with Gasteiger partial charge in [-0.25, -0.2) is 9.29 Å². The normalized spacial score (nSPS) is 27.6. The zero-order valence-corrected chi connectivity index (χ0v) is 21.1. The van der Waals surface area contributed by atoms with Gasteiger partial charge in [-0.3, -0.25) is 14.4 Å². The number of halogens is 1. The van der Waals surface area contributed by atoms with Gasteiger partial charge in [0.05, 0.1) is 40.4 Å². The van der Waals surface area contributed by atoms with Crippen LogP contribution in [0.3, 0.4) is 0 Å². The lowest BCUT2D eigenvalue weighted by Crippen LogP contribution is -2.44. The Hall–Kier alpha value is -4.09. The number of carbonyl (C=O) groups excluding carboxylic acids is 3. The molecule has 192 valence electrons. The Kier molecular flexibility index (Phi) is 5.41. The lowest BCUT2D eigenvalue weighted by molar-refractivity contribution is -0.130. The maximum Gasteiger partial charge on any atom is 0.253 e. The molecule has 4 atom stereocenters. The van der Waals surface area contributed by atoms with Gasteiger partial charge in [0.2, 0.25) is 11.8 Å². The van der Waals surface area contributed by atoms with E-state index in [4.69, 9.17) is 4.74 Å². The molecule has 3 heterocycles. The number of amides is 3. The molecule has 0 aromatic heterocycles. The van der Waals surface area contributed by atoms with E-state index in [-0.39, 0.29) is 17.7 Å². The molecule has 3 aromatic carbocycles. The highest BCUT2D eigenvalue weighted by Gasteiger charge is 2.73. The first kappa shape index (κ1) is 24.3. The number of imide groups is 1. The van der Waals surface area contributed by atoms with E-state index in [1.54, 1.807) is 24.1 Å². The molecule has 2 unspecified atom stereocenters. The topological polar surface area (TPSA) is 90.7 Å². The van der Waals surface area contributed by atoms with E-state index in [0.29, 0.717) is 53.4 Å². The Morgan fingerprint density at radius 2 is 1.74 bits per heavy atom. The summed E-state index contributed by atoms with van der Waals surface area (Å²) in [5.74, 6) is -2.52. The van der Waals surface area contributed by atoms with Gasteiger partial charge in [-0.15, -0.1) is 0 Å². The molecular formula is C30H26FN3O4. The standard InChI is InChI=1S/C30H26FN3O4/c1-29-13-14-30(38-29,15-16-33(2)26(35)18-7-10-20(31)11-8-18)25-24(29)27(36)34(28(25)37)23-12-9-19(17-32)21-5-3-4-6-22(21)23/h3-12,24-25H,13-16H2,1-2H3/t24-,25+,29?,30?/m1/s1. The summed E-state index contributed by atoms with van der Waals surface area (Å²) < 4.78 is 19.8. The van der Waals surface area contributed by atoms with Crippen molar-refractivity contribution in [3.63, 3.8) is 0 Å². The average Bonchev–Trinajstić information content (AvgIpc) is 3.51. The number of nitriles is 1. The molecular weight excluding hydrogens is 485 g/mol. The van der Waals surface area contributed by atoms with E-state index in [9.17, 15) is 24.0 Å². The second kappa shape index (κ2) is 8.47. The zero-order valence-electron chi connectivity index (χ0n) is 21.1. The molecule has 3 aromatic rings. The predicted octanol–water partition coefficient (Wildman–Crippen LogP) is 4.44. The molecule has 3 aliphatic heterocycles. The van der Waals surface area contributed by atoms with Gasteiger partial charge in [0.25, 0.3) is 5.91 Å². The molecule has 3 aliphatic rings. The third-order valence-corrected chi connectivity index (χ3v) is 8.58. The van der Waals surface area contributed by atoms with Crippen molar-refractivity contribution < 1.29 is 23.5 Å². The Bertz CT molecular complexity index is 1550. The van der Waals surface area contributed by atoms with Crippen LogP contribution in [0.25, 0.3) is 10.8 Å². The van der Waals surface area contributed by atoms with Crippen LogP contribution < -0.4 is 4.90 Å². The molecule has 0 N–H and O–H groups in total. The first-order valence-corrected chi connectivity index (χ1v) is 12.7. The minimum atomic E-state index is -0.860.